The molecule has 0 bridgehead atoms. The summed E-state index contributed by atoms with van der Waals surface area (Å²) in [5.41, 5.74) is 6.50. The fraction of sp³-hybridized carbons (Fsp3) is 1.00. The third-order valence-electron chi connectivity index (χ3n) is 5.84. The van der Waals surface area contributed by atoms with Crippen LogP contribution in [-0.2, 0) is 0 Å². The predicted octanol–water partition coefficient (Wildman–Crippen LogP) is 2.17. The van der Waals surface area contributed by atoms with Crippen LogP contribution in [0.2, 0.25) is 0 Å². The topological polar surface area (TPSA) is 32.5 Å². The molecular weight excluding hydrogens is 234 g/mol. The van der Waals surface area contributed by atoms with Gasteiger partial charge < -0.3 is 10.6 Å². The maximum Gasteiger partial charge on any atom is 0.0356 e. The summed E-state index contributed by atoms with van der Waals surface area (Å²) in [5.74, 6) is 1.70. The number of nitrogens with zero attached hydrogens (tertiary/aromatic N) is 2. The molecule has 2 aliphatic heterocycles. The van der Waals surface area contributed by atoms with Gasteiger partial charge in [-0.15, -0.1) is 0 Å². The van der Waals surface area contributed by atoms with E-state index in [1.54, 1.807) is 0 Å². The van der Waals surface area contributed by atoms with Gasteiger partial charge in [-0.05, 0) is 51.5 Å². The summed E-state index contributed by atoms with van der Waals surface area (Å²) < 4.78 is 0. The summed E-state index contributed by atoms with van der Waals surface area (Å²) in [6.07, 6.45) is 3.85. The molecule has 2 aliphatic rings. The average molecular weight is 267 g/mol. The van der Waals surface area contributed by atoms with Crippen molar-refractivity contribution < 1.29 is 0 Å². The lowest BCUT2D eigenvalue weighted by Gasteiger charge is -2.52. The zero-order chi connectivity index (χ0) is 14.0. The smallest absolute Gasteiger partial charge is 0.0356 e. The van der Waals surface area contributed by atoms with Gasteiger partial charge in [0.05, 0.1) is 0 Å². The highest BCUT2D eigenvalue weighted by Gasteiger charge is 2.41. The van der Waals surface area contributed by atoms with E-state index >= 15 is 0 Å². The quantitative estimate of drug-likeness (QED) is 0.850. The Bertz CT molecular complexity index is 282. The van der Waals surface area contributed by atoms with Crippen LogP contribution in [0.1, 0.15) is 47.0 Å². The zero-order valence-electron chi connectivity index (χ0n) is 13.4. The molecule has 2 atom stereocenters. The summed E-state index contributed by atoms with van der Waals surface area (Å²) in [5, 5.41) is 0. The lowest BCUT2D eigenvalue weighted by Crippen LogP contribution is -2.62. The standard InChI is InChI=1S/C16H33N3/c1-13(2)18-9-6-16(12-17,7-10-18)19-8-5-14(3)15(4)11-19/h13-15H,5-12,17H2,1-4H3. The summed E-state index contributed by atoms with van der Waals surface area (Å²) in [7, 11) is 0. The predicted molar refractivity (Wildman–Crippen MR) is 82.2 cm³/mol. The highest BCUT2D eigenvalue weighted by Crippen LogP contribution is 2.34. The molecule has 3 nitrogen and oxygen atoms in total. The maximum absolute atomic E-state index is 6.21. The third kappa shape index (κ3) is 3.14. The summed E-state index contributed by atoms with van der Waals surface area (Å²) >= 11 is 0. The van der Waals surface area contributed by atoms with Crippen molar-refractivity contribution in [3.8, 4) is 0 Å². The Kier molecular flexibility index (Phi) is 4.91. The van der Waals surface area contributed by atoms with Crippen molar-refractivity contribution in [1.82, 2.24) is 9.80 Å². The Morgan fingerprint density at radius 3 is 2.21 bits per heavy atom. The minimum atomic E-state index is 0.291. The monoisotopic (exact) mass is 267 g/mol. The van der Waals surface area contributed by atoms with Crippen molar-refractivity contribution in [2.24, 2.45) is 17.6 Å². The van der Waals surface area contributed by atoms with Crippen molar-refractivity contribution in [2.75, 3.05) is 32.7 Å². The van der Waals surface area contributed by atoms with Crippen LogP contribution in [-0.4, -0.2) is 54.1 Å². The molecule has 0 saturated carbocycles. The Balaban J connectivity index is 2.00. The second-order valence-electron chi connectivity index (χ2n) is 7.25. The Hall–Kier alpha value is -0.120. The summed E-state index contributed by atoms with van der Waals surface area (Å²) in [6, 6.07) is 0.677. The Labute approximate surface area is 119 Å². The van der Waals surface area contributed by atoms with Crippen molar-refractivity contribution in [1.29, 1.82) is 0 Å². The molecule has 0 amide bonds. The molecule has 2 rings (SSSR count). The van der Waals surface area contributed by atoms with E-state index in [-0.39, 0.29) is 0 Å². The van der Waals surface area contributed by atoms with Crippen molar-refractivity contribution in [2.45, 2.75) is 58.5 Å². The van der Waals surface area contributed by atoms with Crippen LogP contribution < -0.4 is 5.73 Å². The molecule has 2 heterocycles. The van der Waals surface area contributed by atoms with E-state index < -0.39 is 0 Å². The number of hydrogen-bond donors (Lipinski definition) is 1. The molecule has 0 aliphatic carbocycles. The minimum absolute atomic E-state index is 0.291. The van der Waals surface area contributed by atoms with Crippen LogP contribution in [0.25, 0.3) is 0 Å². The number of hydrogen-bond acceptors (Lipinski definition) is 3. The lowest BCUT2D eigenvalue weighted by atomic mass is 9.80. The second-order valence-corrected chi connectivity index (χ2v) is 7.25. The van der Waals surface area contributed by atoms with E-state index in [1.165, 1.54) is 45.4 Å². The molecule has 0 aromatic rings. The molecule has 0 aromatic heterocycles. The molecule has 112 valence electrons. The first-order valence-corrected chi connectivity index (χ1v) is 8.17. The normalized spacial score (nSPS) is 33.8. The van der Waals surface area contributed by atoms with Crippen LogP contribution in [0.15, 0.2) is 0 Å². The van der Waals surface area contributed by atoms with E-state index in [1.807, 2.05) is 0 Å². The fourth-order valence-electron chi connectivity index (χ4n) is 3.80. The molecule has 0 spiro atoms. The van der Waals surface area contributed by atoms with E-state index in [2.05, 4.69) is 37.5 Å². The van der Waals surface area contributed by atoms with E-state index in [4.69, 9.17) is 5.73 Å². The molecule has 3 heteroatoms. The lowest BCUT2D eigenvalue weighted by molar-refractivity contribution is -0.0164. The van der Waals surface area contributed by atoms with Crippen LogP contribution in [0.4, 0.5) is 0 Å². The van der Waals surface area contributed by atoms with Gasteiger partial charge in [-0.1, -0.05) is 13.8 Å². The van der Waals surface area contributed by atoms with Crippen LogP contribution in [0.5, 0.6) is 0 Å². The first-order valence-electron chi connectivity index (χ1n) is 8.17. The van der Waals surface area contributed by atoms with Crippen molar-refractivity contribution >= 4 is 0 Å². The van der Waals surface area contributed by atoms with Crippen LogP contribution in [0.3, 0.4) is 0 Å². The number of rotatable bonds is 3. The van der Waals surface area contributed by atoms with Gasteiger partial charge in [0, 0.05) is 37.8 Å². The van der Waals surface area contributed by atoms with E-state index in [0.29, 0.717) is 11.6 Å². The molecule has 2 fully saturated rings. The van der Waals surface area contributed by atoms with Gasteiger partial charge in [0.2, 0.25) is 0 Å². The Morgan fingerprint density at radius 1 is 1.11 bits per heavy atom. The van der Waals surface area contributed by atoms with Crippen LogP contribution in [0, 0.1) is 11.8 Å². The minimum Gasteiger partial charge on any atom is -0.329 e. The SMILES string of the molecule is CC1CCN(C2(CN)CCN(C(C)C)CC2)CC1C. The average Bonchev–Trinajstić information content (AvgIpc) is 2.42. The van der Waals surface area contributed by atoms with Gasteiger partial charge in [-0.25, -0.2) is 0 Å². The first-order chi connectivity index (χ1) is 8.98. The summed E-state index contributed by atoms with van der Waals surface area (Å²) in [4.78, 5) is 5.33. The van der Waals surface area contributed by atoms with Crippen LogP contribution >= 0.6 is 0 Å². The van der Waals surface area contributed by atoms with Gasteiger partial charge >= 0.3 is 0 Å². The number of likely N-dealkylation sites (tertiary alicyclic amines) is 2. The van der Waals surface area contributed by atoms with Gasteiger partial charge in [0.25, 0.3) is 0 Å². The number of piperidine rings is 2. The maximum atomic E-state index is 6.21. The second kappa shape index (κ2) is 6.11. The van der Waals surface area contributed by atoms with Crippen molar-refractivity contribution in [3.05, 3.63) is 0 Å². The van der Waals surface area contributed by atoms with Crippen molar-refractivity contribution in [3.63, 3.8) is 0 Å². The van der Waals surface area contributed by atoms with Gasteiger partial charge in [-0.3, -0.25) is 4.90 Å². The number of nitrogens with two attached hydrogens (primary N) is 1. The molecule has 2 saturated heterocycles. The molecule has 2 N–H and O–H groups in total. The largest absolute Gasteiger partial charge is 0.329 e. The first kappa shape index (κ1) is 15.3. The fourth-order valence-corrected chi connectivity index (χ4v) is 3.80. The zero-order valence-corrected chi connectivity index (χ0v) is 13.4. The van der Waals surface area contributed by atoms with Gasteiger partial charge in [-0.2, -0.15) is 0 Å². The molecule has 0 aromatic carbocycles. The third-order valence-corrected chi connectivity index (χ3v) is 5.84. The Morgan fingerprint density at radius 2 is 1.74 bits per heavy atom. The highest BCUT2D eigenvalue weighted by atomic mass is 15.3. The molecular formula is C16H33N3. The molecule has 2 unspecified atom stereocenters. The molecule has 19 heavy (non-hydrogen) atoms. The van der Waals surface area contributed by atoms with E-state index in [0.717, 1.165) is 18.4 Å². The highest BCUT2D eigenvalue weighted by molar-refractivity contribution is 4.98. The molecule has 0 radical (unpaired) electrons. The van der Waals surface area contributed by atoms with Gasteiger partial charge in [0.15, 0.2) is 0 Å². The van der Waals surface area contributed by atoms with Gasteiger partial charge in [0.1, 0.15) is 0 Å². The van der Waals surface area contributed by atoms with E-state index in [9.17, 15) is 0 Å². The summed E-state index contributed by atoms with van der Waals surface area (Å²) in [6.45, 7) is 15.2.